The molecule has 1 atom stereocenters. The van der Waals surface area contributed by atoms with Crippen LogP contribution in [0.3, 0.4) is 0 Å². The fourth-order valence-electron chi connectivity index (χ4n) is 2.78. The molecule has 3 heteroatoms. The van der Waals surface area contributed by atoms with Crippen LogP contribution in [0.15, 0.2) is 18.2 Å². The zero-order valence-corrected chi connectivity index (χ0v) is 11.5. The summed E-state index contributed by atoms with van der Waals surface area (Å²) in [6.07, 6.45) is 2.21. The molecule has 18 heavy (non-hydrogen) atoms. The van der Waals surface area contributed by atoms with E-state index in [2.05, 4.69) is 36.0 Å². The van der Waals surface area contributed by atoms with E-state index in [1.54, 1.807) is 0 Å². The van der Waals surface area contributed by atoms with Gasteiger partial charge in [0.25, 0.3) is 0 Å². The van der Waals surface area contributed by atoms with Crippen LogP contribution in [0, 0.1) is 12.8 Å². The van der Waals surface area contributed by atoms with Gasteiger partial charge in [-0.15, -0.1) is 0 Å². The van der Waals surface area contributed by atoms with Crippen molar-refractivity contribution < 1.29 is 4.79 Å². The molecule has 1 saturated heterocycles. The average Bonchev–Trinajstić information content (AvgIpc) is 2.74. The Bertz CT molecular complexity index is 431. The first-order valence-electron chi connectivity index (χ1n) is 6.55. The molecule has 2 rings (SSSR count). The van der Waals surface area contributed by atoms with Crippen LogP contribution in [0.2, 0.25) is 0 Å². The molecule has 0 saturated carbocycles. The molecule has 98 valence electrons. The monoisotopic (exact) mass is 246 g/mol. The van der Waals surface area contributed by atoms with Crippen molar-refractivity contribution in [2.75, 3.05) is 38.6 Å². The van der Waals surface area contributed by atoms with Gasteiger partial charge in [-0.3, -0.25) is 4.79 Å². The number of benzene rings is 1. The van der Waals surface area contributed by atoms with Crippen LogP contribution >= 0.6 is 0 Å². The molecule has 1 heterocycles. The Morgan fingerprint density at radius 3 is 2.89 bits per heavy atom. The highest BCUT2D eigenvalue weighted by Gasteiger charge is 2.21. The quantitative estimate of drug-likeness (QED) is 0.761. The molecule has 0 bridgehead atoms. The molecule has 1 aromatic rings. The summed E-state index contributed by atoms with van der Waals surface area (Å²) in [6.45, 7) is 5.39. The number of hydrogen-bond donors (Lipinski definition) is 0. The van der Waals surface area contributed by atoms with Crippen LogP contribution in [-0.4, -0.2) is 44.9 Å². The van der Waals surface area contributed by atoms with Gasteiger partial charge in [0.1, 0.15) is 0 Å². The maximum absolute atomic E-state index is 11.1. The van der Waals surface area contributed by atoms with Gasteiger partial charge in [0.2, 0.25) is 0 Å². The predicted molar refractivity (Wildman–Crippen MR) is 75.4 cm³/mol. The van der Waals surface area contributed by atoms with Crippen molar-refractivity contribution in [1.82, 2.24) is 4.90 Å². The lowest BCUT2D eigenvalue weighted by Crippen LogP contribution is -2.27. The van der Waals surface area contributed by atoms with Crippen LogP contribution in [0.25, 0.3) is 0 Å². The molecule has 0 aliphatic carbocycles. The Kier molecular flexibility index (Phi) is 4.02. The summed E-state index contributed by atoms with van der Waals surface area (Å²) in [4.78, 5) is 15.7. The number of carbonyl (C=O) groups excluding carboxylic acids is 1. The van der Waals surface area contributed by atoms with E-state index in [1.807, 2.05) is 13.0 Å². The number of aldehydes is 1. The number of hydrogen-bond acceptors (Lipinski definition) is 3. The number of anilines is 1. The molecule has 0 aromatic heterocycles. The molecular weight excluding hydrogens is 224 g/mol. The van der Waals surface area contributed by atoms with Gasteiger partial charge >= 0.3 is 0 Å². The van der Waals surface area contributed by atoms with Gasteiger partial charge in [0, 0.05) is 31.4 Å². The lowest BCUT2D eigenvalue weighted by Gasteiger charge is -2.24. The van der Waals surface area contributed by atoms with Crippen molar-refractivity contribution in [3.8, 4) is 0 Å². The Morgan fingerprint density at radius 2 is 2.28 bits per heavy atom. The Morgan fingerprint density at radius 1 is 1.50 bits per heavy atom. The minimum atomic E-state index is 0.709. The summed E-state index contributed by atoms with van der Waals surface area (Å²) >= 11 is 0. The van der Waals surface area contributed by atoms with Gasteiger partial charge in [-0.1, -0.05) is 11.6 Å². The summed E-state index contributed by atoms with van der Waals surface area (Å²) in [6, 6.07) is 6.08. The average molecular weight is 246 g/mol. The standard InChI is InChI=1S/C15H22N2O/c1-12-4-5-15(14(8-12)11-18)17(3)10-13-6-7-16(2)9-13/h4-5,8,11,13H,6-7,9-10H2,1-3H3. The van der Waals surface area contributed by atoms with E-state index in [4.69, 9.17) is 0 Å². The number of carbonyl (C=O) groups is 1. The largest absolute Gasteiger partial charge is 0.374 e. The highest BCUT2D eigenvalue weighted by atomic mass is 16.1. The van der Waals surface area contributed by atoms with Gasteiger partial charge in [0.05, 0.1) is 0 Å². The highest BCUT2D eigenvalue weighted by Crippen LogP contribution is 2.23. The zero-order valence-electron chi connectivity index (χ0n) is 11.5. The smallest absolute Gasteiger partial charge is 0.152 e. The summed E-state index contributed by atoms with van der Waals surface area (Å²) in [5.74, 6) is 0.709. The van der Waals surface area contributed by atoms with Gasteiger partial charge in [-0.05, 0) is 45.0 Å². The third-order valence-electron chi connectivity index (χ3n) is 3.74. The van der Waals surface area contributed by atoms with Crippen molar-refractivity contribution in [3.05, 3.63) is 29.3 Å². The first kappa shape index (κ1) is 13.1. The van der Waals surface area contributed by atoms with Crippen molar-refractivity contribution in [3.63, 3.8) is 0 Å². The van der Waals surface area contributed by atoms with E-state index < -0.39 is 0 Å². The van der Waals surface area contributed by atoms with Crippen molar-refractivity contribution in [2.24, 2.45) is 5.92 Å². The molecule has 3 nitrogen and oxygen atoms in total. The van der Waals surface area contributed by atoms with Crippen molar-refractivity contribution >= 4 is 12.0 Å². The molecule has 0 spiro atoms. The Hall–Kier alpha value is -1.35. The van der Waals surface area contributed by atoms with Crippen molar-refractivity contribution in [2.45, 2.75) is 13.3 Å². The second kappa shape index (κ2) is 5.53. The van der Waals surface area contributed by atoms with Crippen molar-refractivity contribution in [1.29, 1.82) is 0 Å². The van der Waals surface area contributed by atoms with E-state index in [-0.39, 0.29) is 0 Å². The molecule has 1 aliphatic rings. The fourth-order valence-corrected chi connectivity index (χ4v) is 2.78. The molecule has 1 aromatic carbocycles. The first-order valence-corrected chi connectivity index (χ1v) is 6.55. The molecule has 1 fully saturated rings. The lowest BCUT2D eigenvalue weighted by atomic mass is 10.1. The molecule has 1 aliphatic heterocycles. The summed E-state index contributed by atoms with van der Waals surface area (Å²) in [7, 11) is 4.25. The lowest BCUT2D eigenvalue weighted by molar-refractivity contribution is 0.112. The first-order chi connectivity index (χ1) is 8.60. The van der Waals surface area contributed by atoms with E-state index in [0.717, 1.165) is 36.2 Å². The second-order valence-electron chi connectivity index (χ2n) is 5.48. The van der Waals surface area contributed by atoms with Crippen LogP contribution in [-0.2, 0) is 0 Å². The maximum Gasteiger partial charge on any atom is 0.152 e. The van der Waals surface area contributed by atoms with Gasteiger partial charge in [-0.2, -0.15) is 0 Å². The fraction of sp³-hybridized carbons (Fsp3) is 0.533. The van der Waals surface area contributed by atoms with Crippen LogP contribution in [0.5, 0.6) is 0 Å². The minimum absolute atomic E-state index is 0.709. The summed E-state index contributed by atoms with van der Waals surface area (Å²) < 4.78 is 0. The minimum Gasteiger partial charge on any atom is -0.374 e. The summed E-state index contributed by atoms with van der Waals surface area (Å²) in [5.41, 5.74) is 2.98. The molecule has 0 radical (unpaired) electrons. The number of rotatable bonds is 4. The van der Waals surface area contributed by atoms with E-state index in [1.165, 1.54) is 13.0 Å². The maximum atomic E-state index is 11.1. The van der Waals surface area contributed by atoms with Crippen LogP contribution < -0.4 is 4.90 Å². The number of nitrogens with zero attached hydrogens (tertiary/aromatic N) is 2. The predicted octanol–water partition coefficient (Wildman–Crippen LogP) is 2.20. The third kappa shape index (κ3) is 2.91. The van der Waals surface area contributed by atoms with E-state index >= 15 is 0 Å². The van der Waals surface area contributed by atoms with E-state index in [9.17, 15) is 4.79 Å². The van der Waals surface area contributed by atoms with Gasteiger partial charge in [-0.25, -0.2) is 0 Å². The van der Waals surface area contributed by atoms with Gasteiger partial charge < -0.3 is 9.80 Å². The molecule has 0 N–H and O–H groups in total. The molecule has 1 unspecified atom stereocenters. The Balaban J connectivity index is 2.08. The number of likely N-dealkylation sites (tertiary alicyclic amines) is 1. The summed E-state index contributed by atoms with van der Waals surface area (Å²) in [5, 5.41) is 0. The van der Waals surface area contributed by atoms with Gasteiger partial charge in [0.15, 0.2) is 6.29 Å². The zero-order chi connectivity index (χ0) is 13.1. The molecule has 0 amide bonds. The third-order valence-corrected chi connectivity index (χ3v) is 3.74. The van der Waals surface area contributed by atoms with Crippen LogP contribution in [0.1, 0.15) is 22.3 Å². The normalized spacial score (nSPS) is 20.1. The SMILES string of the molecule is Cc1ccc(N(C)CC2CCN(C)C2)c(C=O)c1. The van der Waals surface area contributed by atoms with Crippen LogP contribution in [0.4, 0.5) is 5.69 Å². The second-order valence-corrected chi connectivity index (χ2v) is 5.48. The topological polar surface area (TPSA) is 23.6 Å². The number of aryl methyl sites for hydroxylation is 1. The van der Waals surface area contributed by atoms with E-state index in [0.29, 0.717) is 5.92 Å². The molecular formula is C15H22N2O. The highest BCUT2D eigenvalue weighted by molar-refractivity contribution is 5.84. The Labute approximate surface area is 109 Å².